The molecule has 2 rings (SSSR count). The van der Waals surface area contributed by atoms with E-state index in [0.717, 1.165) is 5.56 Å². The fourth-order valence-corrected chi connectivity index (χ4v) is 1.76. The number of rotatable bonds is 5. The van der Waals surface area contributed by atoms with Crippen LogP contribution in [0.1, 0.15) is 11.1 Å². The van der Waals surface area contributed by atoms with E-state index in [9.17, 15) is 4.39 Å². The van der Waals surface area contributed by atoms with Gasteiger partial charge in [-0.2, -0.15) is 0 Å². The van der Waals surface area contributed by atoms with Gasteiger partial charge in [0.2, 0.25) is 0 Å². The summed E-state index contributed by atoms with van der Waals surface area (Å²) in [7, 11) is 0. The van der Waals surface area contributed by atoms with Crippen LogP contribution in [-0.2, 0) is 6.54 Å². The second kappa shape index (κ2) is 6.71. The summed E-state index contributed by atoms with van der Waals surface area (Å²) < 4.78 is 19.0. The maximum atomic E-state index is 13.6. The highest BCUT2D eigenvalue weighted by molar-refractivity contribution is 5.48. The zero-order chi connectivity index (χ0) is 13.5. The van der Waals surface area contributed by atoms with Gasteiger partial charge >= 0.3 is 0 Å². The van der Waals surface area contributed by atoms with Crippen LogP contribution in [0.5, 0.6) is 5.75 Å². The van der Waals surface area contributed by atoms with E-state index < -0.39 is 0 Å². The van der Waals surface area contributed by atoms with Crippen LogP contribution in [0.3, 0.4) is 0 Å². The Morgan fingerprint density at radius 1 is 1.05 bits per heavy atom. The molecule has 0 bridgehead atoms. The summed E-state index contributed by atoms with van der Waals surface area (Å²) in [5.41, 5.74) is 7.31. The zero-order valence-electron chi connectivity index (χ0n) is 10.6. The third-order valence-electron chi connectivity index (χ3n) is 2.70. The van der Waals surface area contributed by atoms with Gasteiger partial charge in [-0.05, 0) is 17.7 Å². The highest BCUT2D eigenvalue weighted by atomic mass is 19.1. The van der Waals surface area contributed by atoms with Crippen LogP contribution in [0.4, 0.5) is 4.39 Å². The Balaban J connectivity index is 1.98. The van der Waals surface area contributed by atoms with Gasteiger partial charge in [0.05, 0.1) is 0 Å². The van der Waals surface area contributed by atoms with Gasteiger partial charge in [0.15, 0.2) is 11.6 Å². The molecule has 0 radical (unpaired) electrons. The van der Waals surface area contributed by atoms with Crippen LogP contribution < -0.4 is 10.5 Å². The summed E-state index contributed by atoms with van der Waals surface area (Å²) in [6.07, 6.45) is 3.78. The van der Waals surface area contributed by atoms with Crippen LogP contribution in [0.2, 0.25) is 0 Å². The molecule has 3 heteroatoms. The smallest absolute Gasteiger partial charge is 0.165 e. The van der Waals surface area contributed by atoms with Crippen molar-refractivity contribution in [1.29, 1.82) is 0 Å². The maximum Gasteiger partial charge on any atom is 0.165 e. The van der Waals surface area contributed by atoms with E-state index in [2.05, 4.69) is 0 Å². The Hall–Kier alpha value is -2.13. The second-order valence-corrected chi connectivity index (χ2v) is 4.06. The molecule has 2 N–H and O–H groups in total. The molecule has 0 aromatic heterocycles. The minimum absolute atomic E-state index is 0.239. The summed E-state index contributed by atoms with van der Waals surface area (Å²) in [6.45, 7) is 0.568. The molecule has 0 heterocycles. The van der Waals surface area contributed by atoms with Crippen molar-refractivity contribution in [1.82, 2.24) is 0 Å². The van der Waals surface area contributed by atoms with Crippen LogP contribution in [0.15, 0.2) is 54.6 Å². The molecule has 98 valence electrons. The molecular weight excluding hydrogens is 241 g/mol. The lowest BCUT2D eigenvalue weighted by Crippen LogP contribution is -2.04. The van der Waals surface area contributed by atoms with Crippen molar-refractivity contribution in [3.8, 4) is 5.75 Å². The molecule has 2 aromatic rings. The molecule has 0 atom stereocenters. The largest absolute Gasteiger partial charge is 0.486 e. The zero-order valence-corrected chi connectivity index (χ0v) is 10.6. The van der Waals surface area contributed by atoms with Crippen molar-refractivity contribution in [2.24, 2.45) is 5.73 Å². The maximum absolute atomic E-state index is 13.6. The van der Waals surface area contributed by atoms with Crippen LogP contribution in [0.25, 0.3) is 6.08 Å². The molecule has 2 aromatic carbocycles. The minimum atomic E-state index is -0.379. The van der Waals surface area contributed by atoms with Crippen molar-refractivity contribution in [2.45, 2.75) is 6.54 Å². The Kier molecular flexibility index (Phi) is 4.70. The van der Waals surface area contributed by atoms with Crippen molar-refractivity contribution in [2.75, 3.05) is 6.61 Å². The molecule has 0 spiro atoms. The van der Waals surface area contributed by atoms with E-state index in [1.165, 1.54) is 6.07 Å². The number of hydrogen-bond acceptors (Lipinski definition) is 2. The number of hydrogen-bond donors (Lipinski definition) is 1. The standard InChI is InChI=1S/C16H16FNO/c17-15-10-4-9-14(12-18)16(15)19-11-5-8-13-6-2-1-3-7-13/h1-10H,11-12,18H2/b8-5+. The van der Waals surface area contributed by atoms with Crippen LogP contribution >= 0.6 is 0 Å². The predicted molar refractivity (Wildman–Crippen MR) is 75.3 cm³/mol. The summed E-state index contributed by atoms with van der Waals surface area (Å²) in [4.78, 5) is 0. The van der Waals surface area contributed by atoms with Crippen molar-refractivity contribution in [3.63, 3.8) is 0 Å². The Bertz CT molecular complexity index is 552. The van der Waals surface area contributed by atoms with Gasteiger partial charge in [0.25, 0.3) is 0 Å². The number of benzene rings is 2. The van der Waals surface area contributed by atoms with Crippen molar-refractivity contribution >= 4 is 6.08 Å². The molecule has 0 aliphatic heterocycles. The average Bonchev–Trinajstić information content (AvgIpc) is 2.46. The average molecular weight is 257 g/mol. The predicted octanol–water partition coefficient (Wildman–Crippen LogP) is 3.38. The molecular formula is C16H16FNO. The Labute approximate surface area is 112 Å². The third kappa shape index (κ3) is 3.66. The van der Waals surface area contributed by atoms with Crippen molar-refractivity contribution < 1.29 is 9.13 Å². The van der Waals surface area contributed by atoms with Crippen LogP contribution in [-0.4, -0.2) is 6.61 Å². The molecule has 0 unspecified atom stereocenters. The number of ether oxygens (including phenoxy) is 1. The van der Waals surface area contributed by atoms with E-state index in [4.69, 9.17) is 10.5 Å². The first-order valence-corrected chi connectivity index (χ1v) is 6.13. The molecule has 0 saturated heterocycles. The summed E-state index contributed by atoms with van der Waals surface area (Å²) in [6, 6.07) is 14.6. The van der Waals surface area contributed by atoms with E-state index >= 15 is 0 Å². The van der Waals surface area contributed by atoms with Gasteiger partial charge in [-0.3, -0.25) is 0 Å². The first-order chi connectivity index (χ1) is 9.31. The van der Waals surface area contributed by atoms with Crippen molar-refractivity contribution in [3.05, 3.63) is 71.6 Å². The van der Waals surface area contributed by atoms with Gasteiger partial charge in [-0.1, -0.05) is 48.5 Å². The van der Waals surface area contributed by atoms with E-state index in [1.54, 1.807) is 12.1 Å². The second-order valence-electron chi connectivity index (χ2n) is 4.06. The number of nitrogens with two attached hydrogens (primary N) is 1. The Morgan fingerprint density at radius 3 is 2.58 bits per heavy atom. The lowest BCUT2D eigenvalue weighted by Gasteiger charge is -2.09. The Morgan fingerprint density at radius 2 is 1.84 bits per heavy atom. The first-order valence-electron chi connectivity index (χ1n) is 6.13. The molecule has 0 saturated carbocycles. The lowest BCUT2D eigenvalue weighted by molar-refractivity contribution is 0.338. The monoisotopic (exact) mass is 257 g/mol. The summed E-state index contributed by atoms with van der Waals surface area (Å²) in [5.74, 6) is -0.140. The third-order valence-corrected chi connectivity index (χ3v) is 2.70. The SMILES string of the molecule is NCc1cccc(F)c1OC/C=C/c1ccccc1. The number of para-hydroxylation sites is 1. The molecule has 0 aliphatic carbocycles. The van der Waals surface area contributed by atoms with Gasteiger partial charge in [-0.25, -0.2) is 4.39 Å². The van der Waals surface area contributed by atoms with Gasteiger partial charge in [-0.15, -0.1) is 0 Å². The summed E-state index contributed by atoms with van der Waals surface area (Å²) in [5, 5.41) is 0. The molecule has 19 heavy (non-hydrogen) atoms. The van der Waals surface area contributed by atoms with E-state index in [1.807, 2.05) is 42.5 Å². The highest BCUT2D eigenvalue weighted by Crippen LogP contribution is 2.22. The quantitative estimate of drug-likeness (QED) is 0.891. The first kappa shape index (κ1) is 13.3. The molecule has 2 nitrogen and oxygen atoms in total. The van der Waals surface area contributed by atoms with Crippen LogP contribution in [0, 0.1) is 5.82 Å². The highest BCUT2D eigenvalue weighted by Gasteiger charge is 2.07. The fourth-order valence-electron chi connectivity index (χ4n) is 1.76. The topological polar surface area (TPSA) is 35.2 Å². The van der Waals surface area contributed by atoms with Gasteiger partial charge in [0, 0.05) is 12.1 Å². The molecule has 0 amide bonds. The van der Waals surface area contributed by atoms with Gasteiger partial charge in [0.1, 0.15) is 6.61 Å². The fraction of sp³-hybridized carbons (Fsp3) is 0.125. The summed E-state index contributed by atoms with van der Waals surface area (Å²) >= 11 is 0. The van der Waals surface area contributed by atoms with E-state index in [-0.39, 0.29) is 18.1 Å². The normalized spacial score (nSPS) is 10.8. The lowest BCUT2D eigenvalue weighted by atomic mass is 10.2. The van der Waals surface area contributed by atoms with E-state index in [0.29, 0.717) is 12.2 Å². The molecule has 0 fully saturated rings. The number of halogens is 1. The minimum Gasteiger partial charge on any atom is -0.486 e. The van der Waals surface area contributed by atoms with Gasteiger partial charge < -0.3 is 10.5 Å². The molecule has 0 aliphatic rings.